The van der Waals surface area contributed by atoms with Crippen molar-refractivity contribution in [3.8, 4) is 0 Å². The minimum Gasteiger partial charge on any atom is -0.478 e. The molecule has 14 heavy (non-hydrogen) atoms. The molecule has 4 nitrogen and oxygen atoms in total. The van der Waals surface area contributed by atoms with Crippen molar-refractivity contribution in [1.29, 1.82) is 0 Å². The summed E-state index contributed by atoms with van der Waals surface area (Å²) in [5.74, 6) is -0.935. The van der Waals surface area contributed by atoms with E-state index in [-0.39, 0.29) is 17.8 Å². The van der Waals surface area contributed by atoms with Crippen LogP contribution < -0.4 is 0 Å². The van der Waals surface area contributed by atoms with Crippen LogP contribution in [-0.2, 0) is 4.79 Å². The summed E-state index contributed by atoms with van der Waals surface area (Å²) < 4.78 is 0. The molecular weight excluding hydrogens is 184 g/mol. The zero-order chi connectivity index (χ0) is 11.1. The van der Waals surface area contributed by atoms with Gasteiger partial charge in [-0.1, -0.05) is 6.58 Å². The van der Waals surface area contributed by atoms with Crippen molar-refractivity contribution in [3.05, 3.63) is 12.2 Å². The van der Waals surface area contributed by atoms with E-state index in [1.807, 2.05) is 0 Å². The van der Waals surface area contributed by atoms with Crippen molar-refractivity contribution >= 4 is 5.97 Å². The normalized spacial score (nSPS) is 25.9. The SMILES string of the molecule is C=C(C)C(=O)O.O[C@H]1CC[C@H](O)CC1. The Balaban J connectivity index is 0.000000255. The highest BCUT2D eigenvalue weighted by Crippen LogP contribution is 2.17. The second kappa shape index (κ2) is 6.56. The number of aliphatic carboxylic acids is 1. The Bertz CT molecular complexity index is 170. The molecule has 1 saturated carbocycles. The molecule has 82 valence electrons. The highest BCUT2D eigenvalue weighted by Gasteiger charge is 2.15. The van der Waals surface area contributed by atoms with Crippen molar-refractivity contribution < 1.29 is 20.1 Å². The molecule has 0 radical (unpaired) electrons. The summed E-state index contributed by atoms with van der Waals surface area (Å²) in [7, 11) is 0. The van der Waals surface area contributed by atoms with Gasteiger partial charge in [-0.3, -0.25) is 0 Å². The first-order valence-corrected chi connectivity index (χ1v) is 4.68. The van der Waals surface area contributed by atoms with E-state index in [4.69, 9.17) is 15.3 Å². The lowest BCUT2D eigenvalue weighted by Crippen LogP contribution is -2.21. The molecule has 1 fully saturated rings. The van der Waals surface area contributed by atoms with Crippen LogP contribution in [-0.4, -0.2) is 33.5 Å². The lowest BCUT2D eigenvalue weighted by Gasteiger charge is -2.20. The Morgan fingerprint density at radius 1 is 1.14 bits per heavy atom. The largest absolute Gasteiger partial charge is 0.478 e. The number of aliphatic hydroxyl groups excluding tert-OH is 2. The highest BCUT2D eigenvalue weighted by atomic mass is 16.4. The maximum atomic E-state index is 9.60. The maximum absolute atomic E-state index is 9.60. The first-order chi connectivity index (χ1) is 6.43. The van der Waals surface area contributed by atoms with Gasteiger partial charge in [0.25, 0.3) is 0 Å². The molecular formula is C10H18O4. The Hall–Kier alpha value is -0.870. The number of rotatable bonds is 1. The topological polar surface area (TPSA) is 77.8 Å². The number of carbonyl (C=O) groups is 1. The van der Waals surface area contributed by atoms with Crippen LogP contribution in [0.1, 0.15) is 32.6 Å². The molecule has 4 heteroatoms. The molecule has 0 atom stereocenters. The average Bonchev–Trinajstić information content (AvgIpc) is 2.11. The van der Waals surface area contributed by atoms with E-state index < -0.39 is 5.97 Å². The molecule has 0 aliphatic heterocycles. The smallest absolute Gasteiger partial charge is 0.330 e. The van der Waals surface area contributed by atoms with E-state index >= 15 is 0 Å². The molecule has 0 aromatic carbocycles. The zero-order valence-corrected chi connectivity index (χ0v) is 8.44. The first kappa shape index (κ1) is 13.1. The van der Waals surface area contributed by atoms with Gasteiger partial charge in [0, 0.05) is 5.57 Å². The minimum absolute atomic E-state index is 0.140. The van der Waals surface area contributed by atoms with Crippen LogP contribution in [0.4, 0.5) is 0 Å². The van der Waals surface area contributed by atoms with Crippen molar-refractivity contribution in [2.45, 2.75) is 44.8 Å². The Labute approximate surface area is 83.9 Å². The van der Waals surface area contributed by atoms with Crippen LogP contribution >= 0.6 is 0 Å². The van der Waals surface area contributed by atoms with Crippen LogP contribution in [0.5, 0.6) is 0 Å². The van der Waals surface area contributed by atoms with Crippen molar-refractivity contribution in [3.63, 3.8) is 0 Å². The minimum atomic E-state index is -0.935. The predicted octanol–water partition coefficient (Wildman–Crippen LogP) is 0.929. The average molecular weight is 202 g/mol. The van der Waals surface area contributed by atoms with E-state index in [0.717, 1.165) is 25.7 Å². The highest BCUT2D eigenvalue weighted by molar-refractivity contribution is 5.84. The van der Waals surface area contributed by atoms with E-state index in [2.05, 4.69) is 6.58 Å². The van der Waals surface area contributed by atoms with Gasteiger partial charge in [-0.25, -0.2) is 4.79 Å². The summed E-state index contributed by atoms with van der Waals surface area (Å²) in [6.07, 6.45) is 2.83. The predicted molar refractivity (Wildman–Crippen MR) is 52.9 cm³/mol. The fourth-order valence-electron chi connectivity index (χ4n) is 1.06. The molecule has 0 amide bonds. The molecule has 1 rings (SSSR count). The molecule has 0 aromatic heterocycles. The molecule has 0 bridgehead atoms. The lowest BCUT2D eigenvalue weighted by molar-refractivity contribution is -0.132. The number of hydrogen-bond acceptors (Lipinski definition) is 3. The molecule has 0 saturated heterocycles. The third-order valence-electron chi connectivity index (χ3n) is 2.03. The first-order valence-electron chi connectivity index (χ1n) is 4.68. The Morgan fingerprint density at radius 3 is 1.50 bits per heavy atom. The second-order valence-corrected chi connectivity index (χ2v) is 3.55. The molecule has 1 aliphatic carbocycles. The fourth-order valence-corrected chi connectivity index (χ4v) is 1.06. The van der Waals surface area contributed by atoms with Crippen LogP contribution in [0.2, 0.25) is 0 Å². The van der Waals surface area contributed by atoms with E-state index in [9.17, 15) is 4.79 Å². The molecule has 0 unspecified atom stereocenters. The second-order valence-electron chi connectivity index (χ2n) is 3.55. The van der Waals surface area contributed by atoms with Gasteiger partial charge < -0.3 is 15.3 Å². The monoisotopic (exact) mass is 202 g/mol. The molecule has 1 aliphatic rings. The lowest BCUT2D eigenvalue weighted by atomic mass is 9.95. The van der Waals surface area contributed by atoms with Gasteiger partial charge in [0.15, 0.2) is 0 Å². The number of hydrogen-bond donors (Lipinski definition) is 3. The van der Waals surface area contributed by atoms with Gasteiger partial charge in [-0.15, -0.1) is 0 Å². The molecule has 0 aromatic rings. The quantitative estimate of drug-likeness (QED) is 0.553. The van der Waals surface area contributed by atoms with Crippen LogP contribution in [0.25, 0.3) is 0 Å². The van der Waals surface area contributed by atoms with Gasteiger partial charge in [0.1, 0.15) is 0 Å². The number of aliphatic hydroxyl groups is 2. The molecule has 0 spiro atoms. The standard InChI is InChI=1S/C6H12O2.C4H6O2/c7-5-1-2-6(8)4-3-5;1-3(2)4(5)6/h5-8H,1-4H2;1H2,2H3,(H,5,6)/t5-,6-;. The summed E-state index contributed by atoms with van der Waals surface area (Å²) >= 11 is 0. The number of carboxylic acid groups (broad SMARTS) is 1. The van der Waals surface area contributed by atoms with E-state index in [1.165, 1.54) is 6.92 Å². The van der Waals surface area contributed by atoms with E-state index in [0.29, 0.717) is 0 Å². The third kappa shape index (κ3) is 6.62. The van der Waals surface area contributed by atoms with Crippen LogP contribution in [0.3, 0.4) is 0 Å². The van der Waals surface area contributed by atoms with Crippen molar-refractivity contribution in [2.24, 2.45) is 0 Å². The van der Waals surface area contributed by atoms with Gasteiger partial charge >= 0.3 is 5.97 Å². The van der Waals surface area contributed by atoms with Crippen molar-refractivity contribution in [2.75, 3.05) is 0 Å². The van der Waals surface area contributed by atoms with Crippen LogP contribution in [0, 0.1) is 0 Å². The summed E-state index contributed by atoms with van der Waals surface area (Å²) in [5.41, 5.74) is 0.176. The summed E-state index contributed by atoms with van der Waals surface area (Å²) in [5, 5.41) is 25.7. The summed E-state index contributed by atoms with van der Waals surface area (Å²) in [4.78, 5) is 9.60. The van der Waals surface area contributed by atoms with Crippen molar-refractivity contribution in [1.82, 2.24) is 0 Å². The third-order valence-corrected chi connectivity index (χ3v) is 2.03. The zero-order valence-electron chi connectivity index (χ0n) is 8.44. The maximum Gasteiger partial charge on any atom is 0.330 e. The Kier molecular flexibility index (Phi) is 6.16. The Morgan fingerprint density at radius 2 is 1.36 bits per heavy atom. The molecule has 3 N–H and O–H groups in total. The van der Waals surface area contributed by atoms with Gasteiger partial charge in [0.05, 0.1) is 12.2 Å². The number of carboxylic acids is 1. The summed E-state index contributed by atoms with van der Waals surface area (Å²) in [6, 6.07) is 0. The fraction of sp³-hybridized carbons (Fsp3) is 0.700. The molecule has 0 heterocycles. The van der Waals surface area contributed by atoms with Gasteiger partial charge in [0.2, 0.25) is 0 Å². The summed E-state index contributed by atoms with van der Waals surface area (Å²) in [6.45, 7) is 4.60. The van der Waals surface area contributed by atoms with Crippen LogP contribution in [0.15, 0.2) is 12.2 Å². The van der Waals surface area contributed by atoms with E-state index in [1.54, 1.807) is 0 Å². The van der Waals surface area contributed by atoms with Gasteiger partial charge in [-0.2, -0.15) is 0 Å². The van der Waals surface area contributed by atoms with Gasteiger partial charge in [-0.05, 0) is 32.6 Å².